The van der Waals surface area contributed by atoms with Crippen molar-refractivity contribution in [3.63, 3.8) is 0 Å². The van der Waals surface area contributed by atoms with Gasteiger partial charge in [-0.15, -0.1) is 0 Å². The van der Waals surface area contributed by atoms with Gasteiger partial charge in [0.05, 0.1) is 19.3 Å². The van der Waals surface area contributed by atoms with Crippen molar-refractivity contribution >= 4 is 0 Å². The van der Waals surface area contributed by atoms with Gasteiger partial charge in [-0.25, -0.2) is 17.6 Å². The fourth-order valence-electron chi connectivity index (χ4n) is 4.58. The first-order valence-electron chi connectivity index (χ1n) is 11.8. The lowest BCUT2D eigenvalue weighted by atomic mass is 9.88. The monoisotopic (exact) mass is 490 g/mol. The SMILES string of the molecule is CCCc1ccc(C2CCC(c3ccc(-c4ccc(OCC)c(F)c4F)c(F)c3F)OC2)cc1F. The Bertz CT molecular complexity index is 1200. The third-order valence-corrected chi connectivity index (χ3v) is 6.44. The number of rotatable bonds is 7. The second-order valence-corrected chi connectivity index (χ2v) is 8.70. The van der Waals surface area contributed by atoms with Gasteiger partial charge < -0.3 is 9.47 Å². The summed E-state index contributed by atoms with van der Waals surface area (Å²) in [7, 11) is 0. The smallest absolute Gasteiger partial charge is 0.201 e. The number of benzene rings is 3. The number of hydrogen-bond acceptors (Lipinski definition) is 2. The minimum Gasteiger partial charge on any atom is -0.491 e. The van der Waals surface area contributed by atoms with E-state index in [1.54, 1.807) is 13.0 Å². The average Bonchev–Trinajstić information content (AvgIpc) is 2.86. The van der Waals surface area contributed by atoms with E-state index in [4.69, 9.17) is 9.47 Å². The molecule has 1 saturated heterocycles. The van der Waals surface area contributed by atoms with E-state index >= 15 is 4.39 Å². The van der Waals surface area contributed by atoms with Crippen molar-refractivity contribution in [3.05, 3.63) is 88.2 Å². The van der Waals surface area contributed by atoms with Gasteiger partial charge in [0.2, 0.25) is 5.82 Å². The summed E-state index contributed by atoms with van der Waals surface area (Å²) in [6, 6.07) is 10.1. The molecule has 0 N–H and O–H groups in total. The summed E-state index contributed by atoms with van der Waals surface area (Å²) in [4.78, 5) is 0. The highest BCUT2D eigenvalue weighted by atomic mass is 19.2. The molecular weight excluding hydrogens is 463 g/mol. The van der Waals surface area contributed by atoms with Gasteiger partial charge in [0.25, 0.3) is 0 Å². The molecule has 2 atom stereocenters. The lowest BCUT2D eigenvalue weighted by molar-refractivity contribution is 0.0000501. The maximum atomic E-state index is 15.0. The molecule has 3 aromatic rings. The third-order valence-electron chi connectivity index (χ3n) is 6.44. The predicted octanol–water partition coefficient (Wildman–Crippen LogP) is 8.04. The third kappa shape index (κ3) is 5.06. The van der Waals surface area contributed by atoms with Crippen LogP contribution in [-0.2, 0) is 11.2 Å². The molecule has 7 heteroatoms. The van der Waals surface area contributed by atoms with Crippen molar-refractivity contribution in [1.82, 2.24) is 0 Å². The summed E-state index contributed by atoms with van der Waals surface area (Å²) in [6.07, 6.45) is 1.85. The van der Waals surface area contributed by atoms with Crippen LogP contribution in [0.25, 0.3) is 11.1 Å². The Morgan fingerprint density at radius 1 is 0.829 bits per heavy atom. The van der Waals surface area contributed by atoms with Gasteiger partial charge in [-0.1, -0.05) is 37.6 Å². The van der Waals surface area contributed by atoms with Crippen molar-refractivity contribution in [1.29, 1.82) is 0 Å². The number of halogens is 5. The molecule has 0 spiro atoms. The molecule has 186 valence electrons. The predicted molar refractivity (Wildman–Crippen MR) is 124 cm³/mol. The zero-order valence-corrected chi connectivity index (χ0v) is 19.6. The highest BCUT2D eigenvalue weighted by Crippen LogP contribution is 2.39. The molecule has 0 radical (unpaired) electrons. The van der Waals surface area contributed by atoms with Gasteiger partial charge in [0.1, 0.15) is 5.82 Å². The Hall–Kier alpha value is -2.93. The Morgan fingerprint density at radius 3 is 2.17 bits per heavy atom. The molecule has 4 rings (SSSR count). The molecule has 0 aromatic heterocycles. The molecule has 1 aliphatic rings. The van der Waals surface area contributed by atoms with Crippen LogP contribution in [-0.4, -0.2) is 13.2 Å². The van der Waals surface area contributed by atoms with Crippen molar-refractivity contribution in [2.45, 2.75) is 51.6 Å². The molecule has 1 aliphatic heterocycles. The first-order valence-corrected chi connectivity index (χ1v) is 11.8. The standard InChI is InChI=1S/C28H27F5O2/c1-3-5-16-6-7-17(14-22(16)29)18-8-12-23(35-15-18)21-10-9-19(25(30)27(21)32)20-11-13-24(34-4-2)28(33)26(20)31/h6-7,9-11,13-14,18,23H,3-5,8,12,15H2,1-2H3. The van der Waals surface area contributed by atoms with Crippen molar-refractivity contribution in [2.75, 3.05) is 13.2 Å². The molecular formula is C28H27F5O2. The van der Waals surface area contributed by atoms with Crippen LogP contribution < -0.4 is 4.74 Å². The van der Waals surface area contributed by atoms with Gasteiger partial charge in [-0.3, -0.25) is 0 Å². The maximum Gasteiger partial charge on any atom is 0.201 e. The zero-order chi connectivity index (χ0) is 25.1. The van der Waals surface area contributed by atoms with Crippen LogP contribution in [0.5, 0.6) is 5.75 Å². The van der Waals surface area contributed by atoms with Gasteiger partial charge in [0, 0.05) is 22.6 Å². The highest BCUT2D eigenvalue weighted by molar-refractivity contribution is 5.66. The largest absolute Gasteiger partial charge is 0.491 e. The lowest BCUT2D eigenvalue weighted by Crippen LogP contribution is -2.20. The number of ether oxygens (including phenoxy) is 2. The Morgan fingerprint density at radius 2 is 1.54 bits per heavy atom. The summed E-state index contributed by atoms with van der Waals surface area (Å²) >= 11 is 0. The van der Waals surface area contributed by atoms with E-state index in [1.165, 1.54) is 24.3 Å². The van der Waals surface area contributed by atoms with Crippen LogP contribution in [0.2, 0.25) is 0 Å². The Kier molecular flexibility index (Phi) is 7.75. The van der Waals surface area contributed by atoms with Gasteiger partial charge >= 0.3 is 0 Å². The van der Waals surface area contributed by atoms with Crippen LogP contribution in [0.1, 0.15) is 61.8 Å². The minimum absolute atomic E-state index is 0.0148. The molecule has 0 aliphatic carbocycles. The van der Waals surface area contributed by atoms with E-state index in [9.17, 15) is 17.6 Å². The lowest BCUT2D eigenvalue weighted by Gasteiger charge is -2.30. The molecule has 0 saturated carbocycles. The molecule has 35 heavy (non-hydrogen) atoms. The molecule has 1 fully saturated rings. The Balaban J connectivity index is 1.51. The summed E-state index contributed by atoms with van der Waals surface area (Å²) < 4.78 is 83.9. The molecule has 0 bridgehead atoms. The van der Waals surface area contributed by atoms with Gasteiger partial charge in [-0.2, -0.15) is 4.39 Å². The van der Waals surface area contributed by atoms with Crippen molar-refractivity contribution in [3.8, 4) is 16.9 Å². The second-order valence-electron chi connectivity index (χ2n) is 8.70. The van der Waals surface area contributed by atoms with Crippen LogP contribution in [0, 0.1) is 29.1 Å². The summed E-state index contributed by atoms with van der Waals surface area (Å²) in [5.74, 6) is -5.59. The summed E-state index contributed by atoms with van der Waals surface area (Å²) in [5.41, 5.74) is 0.721. The maximum absolute atomic E-state index is 15.0. The number of aryl methyl sites for hydroxylation is 1. The summed E-state index contributed by atoms with van der Waals surface area (Å²) in [5, 5.41) is 0. The minimum atomic E-state index is -1.31. The van der Waals surface area contributed by atoms with Crippen LogP contribution in [0.15, 0.2) is 42.5 Å². The number of hydrogen-bond donors (Lipinski definition) is 0. The van der Waals surface area contributed by atoms with E-state index in [0.717, 1.165) is 18.1 Å². The first kappa shape index (κ1) is 25.2. The van der Waals surface area contributed by atoms with E-state index in [2.05, 4.69) is 0 Å². The fraction of sp³-hybridized carbons (Fsp3) is 0.357. The molecule has 2 nitrogen and oxygen atoms in total. The van der Waals surface area contributed by atoms with Crippen molar-refractivity contribution < 1.29 is 31.4 Å². The molecule has 3 aromatic carbocycles. The first-order chi connectivity index (χ1) is 16.8. The van der Waals surface area contributed by atoms with Crippen LogP contribution in [0.4, 0.5) is 22.0 Å². The zero-order valence-electron chi connectivity index (χ0n) is 19.6. The summed E-state index contributed by atoms with van der Waals surface area (Å²) in [6.45, 7) is 3.98. The normalized spacial score (nSPS) is 18.0. The average molecular weight is 491 g/mol. The van der Waals surface area contributed by atoms with E-state index in [1.807, 2.05) is 13.0 Å². The fourth-order valence-corrected chi connectivity index (χ4v) is 4.58. The Labute approximate surface area is 201 Å². The molecule has 2 unspecified atom stereocenters. The van der Waals surface area contributed by atoms with Gasteiger partial charge in [0.15, 0.2) is 23.2 Å². The van der Waals surface area contributed by atoms with Crippen LogP contribution in [0.3, 0.4) is 0 Å². The topological polar surface area (TPSA) is 18.5 Å². The van der Waals surface area contributed by atoms with E-state index < -0.39 is 34.9 Å². The molecule has 1 heterocycles. The quantitative estimate of drug-likeness (QED) is 0.312. The second kappa shape index (κ2) is 10.8. The van der Waals surface area contributed by atoms with Crippen molar-refractivity contribution in [2.24, 2.45) is 0 Å². The highest BCUT2D eigenvalue weighted by Gasteiger charge is 2.29. The molecule has 0 amide bonds. The van der Waals surface area contributed by atoms with E-state index in [0.29, 0.717) is 24.8 Å². The van der Waals surface area contributed by atoms with E-state index in [-0.39, 0.29) is 41.8 Å². The van der Waals surface area contributed by atoms with Crippen LogP contribution >= 0.6 is 0 Å². The van der Waals surface area contributed by atoms with Gasteiger partial charge in [-0.05, 0) is 55.5 Å².